The molecule has 7 nitrogen and oxygen atoms in total. The number of hydrogen-bond donors (Lipinski definition) is 2. The lowest BCUT2D eigenvalue weighted by molar-refractivity contribution is -0.116. The molecule has 2 aromatic rings. The number of methoxy groups -OCH3 is 1. The van der Waals surface area contributed by atoms with E-state index in [0.29, 0.717) is 30.8 Å². The maximum Gasteiger partial charge on any atom is 0.321 e. The van der Waals surface area contributed by atoms with Gasteiger partial charge in [0.2, 0.25) is 5.91 Å². The topological polar surface area (TPSA) is 79.9 Å². The van der Waals surface area contributed by atoms with Gasteiger partial charge in [0.25, 0.3) is 0 Å². The first-order chi connectivity index (χ1) is 14.1. The highest BCUT2D eigenvalue weighted by Gasteiger charge is 2.17. The molecule has 0 saturated carbocycles. The average Bonchev–Trinajstić information content (AvgIpc) is 3.27. The number of urea groups is 1. The number of anilines is 2. The highest BCUT2D eigenvalue weighted by molar-refractivity contribution is 5.93. The van der Waals surface area contributed by atoms with E-state index in [1.165, 1.54) is 0 Å². The van der Waals surface area contributed by atoms with Crippen molar-refractivity contribution in [3.8, 4) is 11.5 Å². The van der Waals surface area contributed by atoms with Crippen LogP contribution in [0, 0.1) is 0 Å². The minimum atomic E-state index is -0.0957. The Morgan fingerprint density at radius 3 is 2.31 bits per heavy atom. The van der Waals surface area contributed by atoms with Gasteiger partial charge in [0.05, 0.1) is 13.7 Å². The number of nitrogens with one attached hydrogen (secondary N) is 2. The van der Waals surface area contributed by atoms with Gasteiger partial charge in [0.15, 0.2) is 0 Å². The van der Waals surface area contributed by atoms with Crippen LogP contribution in [0.5, 0.6) is 11.5 Å². The van der Waals surface area contributed by atoms with Crippen molar-refractivity contribution in [3.05, 3.63) is 48.5 Å². The zero-order valence-corrected chi connectivity index (χ0v) is 16.6. The second-order valence-corrected chi connectivity index (χ2v) is 6.88. The fourth-order valence-corrected chi connectivity index (χ4v) is 3.12. The number of carbonyl (C=O) groups excluding carboxylic acids is 2. The molecular formula is C22H27N3O4. The number of hydrogen-bond acceptors (Lipinski definition) is 4. The van der Waals surface area contributed by atoms with Crippen molar-refractivity contribution in [1.29, 1.82) is 0 Å². The molecule has 0 bridgehead atoms. The lowest BCUT2D eigenvalue weighted by atomic mass is 10.2. The molecule has 3 amide bonds. The van der Waals surface area contributed by atoms with E-state index < -0.39 is 0 Å². The molecule has 3 rings (SSSR count). The molecule has 1 fully saturated rings. The SMILES string of the molecule is COc1ccc(OCCCC(=O)Nc2cccc(NC(=O)N3CCCC3)c2)cc1. The molecule has 0 unspecified atom stereocenters. The summed E-state index contributed by atoms with van der Waals surface area (Å²) in [6.45, 7) is 2.04. The number of ether oxygens (including phenoxy) is 2. The summed E-state index contributed by atoms with van der Waals surface area (Å²) in [4.78, 5) is 26.2. The van der Waals surface area contributed by atoms with Crippen LogP contribution in [-0.4, -0.2) is 43.6 Å². The quantitative estimate of drug-likeness (QED) is 0.657. The Morgan fingerprint density at radius 2 is 1.62 bits per heavy atom. The normalized spacial score (nSPS) is 13.1. The standard InChI is InChI=1S/C22H27N3O4/c1-28-19-9-11-20(12-10-19)29-15-5-8-21(26)23-17-6-4-7-18(16-17)24-22(27)25-13-2-3-14-25/h4,6-7,9-12,16H,2-3,5,8,13-15H2,1H3,(H,23,26)(H,24,27). The van der Waals surface area contributed by atoms with Crippen molar-refractivity contribution in [2.24, 2.45) is 0 Å². The van der Waals surface area contributed by atoms with Gasteiger partial charge in [-0.3, -0.25) is 4.79 Å². The molecule has 7 heteroatoms. The molecule has 1 aliphatic rings. The minimum absolute atomic E-state index is 0.0913. The predicted octanol–water partition coefficient (Wildman–Crippen LogP) is 4.12. The maximum absolute atomic E-state index is 12.2. The van der Waals surface area contributed by atoms with Crippen LogP contribution in [0.2, 0.25) is 0 Å². The Hall–Kier alpha value is -3.22. The zero-order chi connectivity index (χ0) is 20.5. The minimum Gasteiger partial charge on any atom is -0.497 e. The first-order valence-electron chi connectivity index (χ1n) is 9.87. The van der Waals surface area contributed by atoms with Crippen molar-refractivity contribution in [3.63, 3.8) is 0 Å². The molecule has 1 saturated heterocycles. The van der Waals surface area contributed by atoms with E-state index in [9.17, 15) is 9.59 Å². The van der Waals surface area contributed by atoms with Crippen molar-refractivity contribution < 1.29 is 19.1 Å². The summed E-state index contributed by atoms with van der Waals surface area (Å²) in [5, 5.41) is 5.75. The van der Waals surface area contributed by atoms with Gasteiger partial charge >= 0.3 is 6.03 Å². The highest BCUT2D eigenvalue weighted by atomic mass is 16.5. The third kappa shape index (κ3) is 6.41. The first-order valence-corrected chi connectivity index (χ1v) is 9.87. The molecule has 1 aliphatic heterocycles. The number of likely N-dealkylation sites (tertiary alicyclic amines) is 1. The number of rotatable bonds is 8. The summed E-state index contributed by atoms with van der Waals surface area (Å²) in [5.41, 5.74) is 1.33. The van der Waals surface area contributed by atoms with Crippen LogP contribution < -0.4 is 20.1 Å². The van der Waals surface area contributed by atoms with Crippen LogP contribution in [0.3, 0.4) is 0 Å². The zero-order valence-electron chi connectivity index (χ0n) is 16.6. The molecule has 0 aliphatic carbocycles. The van der Waals surface area contributed by atoms with E-state index in [0.717, 1.165) is 37.4 Å². The predicted molar refractivity (Wildman–Crippen MR) is 113 cm³/mol. The van der Waals surface area contributed by atoms with Crippen LogP contribution in [0.15, 0.2) is 48.5 Å². The molecular weight excluding hydrogens is 370 g/mol. The van der Waals surface area contributed by atoms with Crippen LogP contribution in [0.4, 0.5) is 16.2 Å². The van der Waals surface area contributed by atoms with Crippen LogP contribution in [0.1, 0.15) is 25.7 Å². The van der Waals surface area contributed by atoms with E-state index in [2.05, 4.69) is 10.6 Å². The molecule has 0 aromatic heterocycles. The largest absolute Gasteiger partial charge is 0.497 e. The molecule has 1 heterocycles. The van der Waals surface area contributed by atoms with Gasteiger partial charge < -0.3 is 25.0 Å². The van der Waals surface area contributed by atoms with Gasteiger partial charge in [0.1, 0.15) is 11.5 Å². The van der Waals surface area contributed by atoms with Crippen LogP contribution in [-0.2, 0) is 4.79 Å². The molecule has 0 spiro atoms. The number of carbonyl (C=O) groups is 2. The monoisotopic (exact) mass is 397 g/mol. The van der Waals surface area contributed by atoms with E-state index in [1.807, 2.05) is 36.4 Å². The van der Waals surface area contributed by atoms with E-state index in [4.69, 9.17) is 9.47 Å². The van der Waals surface area contributed by atoms with Crippen LogP contribution >= 0.6 is 0 Å². The number of nitrogens with zero attached hydrogens (tertiary/aromatic N) is 1. The summed E-state index contributed by atoms with van der Waals surface area (Å²) >= 11 is 0. The second-order valence-electron chi connectivity index (χ2n) is 6.88. The van der Waals surface area contributed by atoms with Gasteiger partial charge in [-0.2, -0.15) is 0 Å². The van der Waals surface area contributed by atoms with Crippen molar-refractivity contribution in [2.45, 2.75) is 25.7 Å². The van der Waals surface area contributed by atoms with E-state index in [-0.39, 0.29) is 11.9 Å². The van der Waals surface area contributed by atoms with Crippen molar-refractivity contribution in [2.75, 3.05) is 37.4 Å². The van der Waals surface area contributed by atoms with Gasteiger partial charge in [0, 0.05) is 30.9 Å². The van der Waals surface area contributed by atoms with E-state index >= 15 is 0 Å². The van der Waals surface area contributed by atoms with Gasteiger partial charge in [-0.05, 0) is 61.7 Å². The third-order valence-corrected chi connectivity index (χ3v) is 4.67. The summed E-state index contributed by atoms with van der Waals surface area (Å²) in [5.74, 6) is 1.43. The summed E-state index contributed by atoms with van der Waals surface area (Å²) < 4.78 is 10.7. The molecule has 0 atom stereocenters. The molecule has 29 heavy (non-hydrogen) atoms. The molecule has 2 aromatic carbocycles. The number of benzene rings is 2. The first kappa shape index (κ1) is 20.5. The van der Waals surface area contributed by atoms with Gasteiger partial charge in [-0.1, -0.05) is 6.07 Å². The lowest BCUT2D eigenvalue weighted by Gasteiger charge is -2.16. The van der Waals surface area contributed by atoms with Crippen LogP contribution in [0.25, 0.3) is 0 Å². The fourth-order valence-electron chi connectivity index (χ4n) is 3.12. The van der Waals surface area contributed by atoms with Crippen molar-refractivity contribution in [1.82, 2.24) is 4.90 Å². The summed E-state index contributed by atoms with van der Waals surface area (Å²) in [6, 6.07) is 14.4. The average molecular weight is 397 g/mol. The van der Waals surface area contributed by atoms with Gasteiger partial charge in [-0.25, -0.2) is 4.79 Å². The Morgan fingerprint density at radius 1 is 0.966 bits per heavy atom. The molecule has 2 N–H and O–H groups in total. The number of amides is 3. The van der Waals surface area contributed by atoms with Crippen molar-refractivity contribution >= 4 is 23.3 Å². The summed E-state index contributed by atoms with van der Waals surface area (Å²) in [7, 11) is 1.62. The lowest BCUT2D eigenvalue weighted by Crippen LogP contribution is -2.32. The Bertz CT molecular complexity index is 817. The second kappa shape index (κ2) is 10.4. The van der Waals surface area contributed by atoms with Gasteiger partial charge in [-0.15, -0.1) is 0 Å². The Balaban J connectivity index is 1.40. The smallest absolute Gasteiger partial charge is 0.321 e. The third-order valence-electron chi connectivity index (χ3n) is 4.67. The van der Waals surface area contributed by atoms with E-state index in [1.54, 1.807) is 24.1 Å². The molecule has 154 valence electrons. The Labute approximate surface area is 171 Å². The fraction of sp³-hybridized carbons (Fsp3) is 0.364. The Kier molecular flexibility index (Phi) is 7.33. The summed E-state index contributed by atoms with van der Waals surface area (Å²) in [6.07, 6.45) is 3.04. The maximum atomic E-state index is 12.2. The highest BCUT2D eigenvalue weighted by Crippen LogP contribution is 2.19. The molecule has 0 radical (unpaired) electrons.